The van der Waals surface area contributed by atoms with E-state index in [0.717, 1.165) is 11.1 Å². The molecule has 1 fully saturated rings. The first-order valence-electron chi connectivity index (χ1n) is 6.52. The van der Waals surface area contributed by atoms with Crippen LogP contribution < -0.4 is 112 Å². The van der Waals surface area contributed by atoms with E-state index >= 15 is 0 Å². The van der Waals surface area contributed by atoms with Gasteiger partial charge in [-0.3, -0.25) is 4.57 Å². The third-order valence-electron chi connectivity index (χ3n) is 3.70. The van der Waals surface area contributed by atoms with E-state index in [0.29, 0.717) is 17.6 Å². The average molecular weight is 362 g/mol. The molecule has 7 heteroatoms. The summed E-state index contributed by atoms with van der Waals surface area (Å²) in [4.78, 5) is 11.0. The van der Waals surface area contributed by atoms with E-state index in [9.17, 15) is 9.46 Å². The van der Waals surface area contributed by atoms with Crippen molar-refractivity contribution in [2.45, 2.75) is 45.4 Å². The maximum atomic E-state index is 11.0. The minimum Gasteiger partial charge on any atom is -0.870 e. The smallest absolute Gasteiger partial charge is 0.870 e. The molecule has 2 rings (SSSR count). The van der Waals surface area contributed by atoms with Crippen LogP contribution >= 0.6 is 8.25 Å². The first kappa shape index (κ1) is 25.7. The molecular formula is C14H21K2O4P. The SMILES string of the molecule is CC(C)c1cccc([C@H](C)C2CC2)c1O[PH](=O)[O-].[K+].[K+].[OH-]. The molecular weight excluding hydrogens is 341 g/mol. The van der Waals surface area contributed by atoms with Crippen LogP contribution in [0, 0.1) is 5.92 Å². The summed E-state index contributed by atoms with van der Waals surface area (Å²) < 4.78 is 16.1. The van der Waals surface area contributed by atoms with Crippen LogP contribution in [0.15, 0.2) is 18.2 Å². The van der Waals surface area contributed by atoms with Gasteiger partial charge in [0.15, 0.2) is 8.25 Å². The first-order valence-corrected chi connectivity index (χ1v) is 7.74. The number of benzene rings is 1. The number of para-hydroxylation sites is 1. The van der Waals surface area contributed by atoms with Crippen molar-refractivity contribution in [2.24, 2.45) is 5.92 Å². The van der Waals surface area contributed by atoms with Crippen LogP contribution in [0.1, 0.15) is 56.6 Å². The minimum absolute atomic E-state index is 0. The Morgan fingerprint density at radius 1 is 1.19 bits per heavy atom. The predicted molar refractivity (Wildman–Crippen MR) is 73.2 cm³/mol. The van der Waals surface area contributed by atoms with Crippen molar-refractivity contribution in [2.75, 3.05) is 0 Å². The molecule has 108 valence electrons. The van der Waals surface area contributed by atoms with Crippen LogP contribution in [0.25, 0.3) is 0 Å². The molecule has 0 amide bonds. The van der Waals surface area contributed by atoms with Crippen molar-refractivity contribution in [3.8, 4) is 5.75 Å². The van der Waals surface area contributed by atoms with Crippen LogP contribution in [0.2, 0.25) is 0 Å². The molecule has 1 aromatic carbocycles. The van der Waals surface area contributed by atoms with Crippen molar-refractivity contribution in [3.05, 3.63) is 29.3 Å². The fourth-order valence-corrected chi connectivity index (χ4v) is 2.84. The van der Waals surface area contributed by atoms with Gasteiger partial charge in [0.2, 0.25) is 0 Å². The van der Waals surface area contributed by atoms with E-state index < -0.39 is 8.25 Å². The summed E-state index contributed by atoms with van der Waals surface area (Å²) in [6.07, 6.45) is 2.47. The zero-order valence-corrected chi connectivity index (χ0v) is 20.8. The van der Waals surface area contributed by atoms with Gasteiger partial charge in [0.05, 0.1) is 0 Å². The van der Waals surface area contributed by atoms with E-state index in [2.05, 4.69) is 20.8 Å². The van der Waals surface area contributed by atoms with Crippen molar-refractivity contribution in [3.63, 3.8) is 0 Å². The second-order valence-corrected chi connectivity index (χ2v) is 6.10. The Balaban J connectivity index is 0. The minimum atomic E-state index is -3.20. The third kappa shape index (κ3) is 7.47. The summed E-state index contributed by atoms with van der Waals surface area (Å²) in [7, 11) is -3.20. The molecule has 4 nitrogen and oxygen atoms in total. The molecule has 0 radical (unpaired) electrons. The van der Waals surface area contributed by atoms with Gasteiger partial charge in [-0.25, -0.2) is 0 Å². The Bertz CT molecular complexity index is 464. The standard InChI is InChI=1S/C14H21O3P.2K.H2O/c1-9(2)12-5-4-6-13(10(3)11-7-8-11)14(12)17-18(15)16;;;/h4-6,9-11,18H,7-8H2,1-3H3,(H,15,16);;;1H2/q;2*+1;/p-2/t10-;;;/m1.../s1. The molecule has 1 unspecified atom stereocenters. The zero-order valence-electron chi connectivity index (χ0n) is 13.6. The monoisotopic (exact) mass is 362 g/mol. The zero-order chi connectivity index (χ0) is 13.3. The fourth-order valence-electron chi connectivity index (χ4n) is 2.44. The van der Waals surface area contributed by atoms with E-state index in [1.165, 1.54) is 12.8 Å². The molecule has 1 aliphatic carbocycles. The van der Waals surface area contributed by atoms with E-state index in [1.54, 1.807) is 0 Å². The van der Waals surface area contributed by atoms with Crippen LogP contribution in [0.5, 0.6) is 5.75 Å². The van der Waals surface area contributed by atoms with Gasteiger partial charge in [0, 0.05) is 0 Å². The van der Waals surface area contributed by atoms with Gasteiger partial charge in [-0.2, -0.15) is 0 Å². The van der Waals surface area contributed by atoms with Crippen LogP contribution in [-0.4, -0.2) is 5.48 Å². The van der Waals surface area contributed by atoms with E-state index in [1.807, 2.05) is 18.2 Å². The normalized spacial score (nSPS) is 16.0. The van der Waals surface area contributed by atoms with E-state index in [-0.39, 0.29) is 114 Å². The Morgan fingerprint density at radius 3 is 2.14 bits per heavy atom. The number of rotatable bonds is 5. The second kappa shape index (κ2) is 11.9. The molecule has 1 aromatic rings. The molecule has 0 aliphatic heterocycles. The number of hydrogen-bond donors (Lipinski definition) is 0. The van der Waals surface area contributed by atoms with Gasteiger partial charge in [0.1, 0.15) is 5.75 Å². The summed E-state index contributed by atoms with van der Waals surface area (Å²) >= 11 is 0. The predicted octanol–water partition coefficient (Wildman–Crippen LogP) is -2.72. The number of hydrogen-bond acceptors (Lipinski definition) is 4. The topological polar surface area (TPSA) is 79.4 Å². The van der Waals surface area contributed by atoms with Crippen molar-refractivity contribution in [1.82, 2.24) is 0 Å². The van der Waals surface area contributed by atoms with Gasteiger partial charge < -0.3 is 14.9 Å². The molecule has 0 spiro atoms. The molecule has 1 N–H and O–H groups in total. The molecule has 0 bridgehead atoms. The van der Waals surface area contributed by atoms with Crippen molar-refractivity contribution < 1.29 is 122 Å². The third-order valence-corrected chi connectivity index (χ3v) is 4.07. The first-order chi connectivity index (χ1) is 8.50. The van der Waals surface area contributed by atoms with Gasteiger partial charge in [-0.05, 0) is 41.7 Å². The summed E-state index contributed by atoms with van der Waals surface area (Å²) in [6, 6.07) is 5.95. The molecule has 0 heterocycles. The molecule has 0 aromatic heterocycles. The summed E-state index contributed by atoms with van der Waals surface area (Å²) in [5, 5.41) is 0. The maximum Gasteiger partial charge on any atom is 1.00 e. The second-order valence-electron chi connectivity index (χ2n) is 5.40. The van der Waals surface area contributed by atoms with Crippen molar-refractivity contribution >= 4 is 8.25 Å². The largest absolute Gasteiger partial charge is 1.00 e. The Morgan fingerprint density at radius 2 is 1.71 bits per heavy atom. The average Bonchev–Trinajstić information content (AvgIpc) is 3.11. The molecule has 21 heavy (non-hydrogen) atoms. The molecule has 1 saturated carbocycles. The van der Waals surface area contributed by atoms with Gasteiger partial charge >= 0.3 is 103 Å². The van der Waals surface area contributed by atoms with Crippen LogP contribution in [-0.2, 0) is 4.57 Å². The summed E-state index contributed by atoms with van der Waals surface area (Å²) in [6.45, 7) is 6.26. The molecule has 1 aliphatic rings. The van der Waals surface area contributed by atoms with Crippen LogP contribution in [0.3, 0.4) is 0 Å². The Labute approximate surface area is 212 Å². The van der Waals surface area contributed by atoms with Gasteiger partial charge in [0.25, 0.3) is 0 Å². The fraction of sp³-hybridized carbons (Fsp3) is 0.571. The molecule has 0 saturated heterocycles. The van der Waals surface area contributed by atoms with E-state index in [4.69, 9.17) is 4.52 Å². The molecule has 2 atom stereocenters. The van der Waals surface area contributed by atoms with Gasteiger partial charge in [-0.1, -0.05) is 39.0 Å². The van der Waals surface area contributed by atoms with Gasteiger partial charge in [-0.15, -0.1) is 0 Å². The quantitative estimate of drug-likeness (QED) is 0.421. The van der Waals surface area contributed by atoms with Crippen LogP contribution in [0.4, 0.5) is 0 Å². The Hall–Kier alpha value is 2.44. The van der Waals surface area contributed by atoms with Crippen molar-refractivity contribution in [1.29, 1.82) is 0 Å². The summed E-state index contributed by atoms with van der Waals surface area (Å²) in [5.41, 5.74) is 2.02. The maximum absolute atomic E-state index is 11.0. The Kier molecular flexibility index (Phi) is 14.6. The summed E-state index contributed by atoms with van der Waals surface area (Å²) in [5.74, 6) is 1.89.